The summed E-state index contributed by atoms with van der Waals surface area (Å²) in [4.78, 5) is 4.45. The fourth-order valence-corrected chi connectivity index (χ4v) is 2.11. The highest BCUT2D eigenvalue weighted by Gasteiger charge is 2.18. The van der Waals surface area contributed by atoms with Gasteiger partial charge in [0.2, 0.25) is 0 Å². The average molecular weight is 242 g/mol. The molecule has 94 valence electrons. The van der Waals surface area contributed by atoms with Crippen LogP contribution in [0.25, 0.3) is 0 Å². The Morgan fingerprint density at radius 1 is 1.17 bits per heavy atom. The summed E-state index contributed by atoms with van der Waals surface area (Å²) in [5, 5.41) is 3.22. The minimum absolute atomic E-state index is 0.201. The summed E-state index contributed by atoms with van der Waals surface area (Å²) in [5.41, 5.74) is 2.21. The molecule has 0 aliphatic rings. The topological polar surface area (TPSA) is 34.2 Å². The number of nitrogens with zero attached hydrogens (tertiary/aromatic N) is 1. The van der Waals surface area contributed by atoms with Crippen LogP contribution in [0.4, 0.5) is 0 Å². The molecule has 0 aliphatic carbocycles. The maximum atomic E-state index is 5.44. The van der Waals surface area contributed by atoms with Crippen molar-refractivity contribution in [1.82, 2.24) is 10.3 Å². The van der Waals surface area contributed by atoms with Crippen molar-refractivity contribution in [1.29, 1.82) is 0 Å². The predicted molar refractivity (Wildman–Crippen MR) is 73.0 cm³/mol. The van der Waals surface area contributed by atoms with Gasteiger partial charge >= 0.3 is 0 Å². The van der Waals surface area contributed by atoms with Gasteiger partial charge in [0, 0.05) is 29.9 Å². The highest BCUT2D eigenvalue weighted by atomic mass is 16.5. The van der Waals surface area contributed by atoms with E-state index >= 15 is 0 Å². The molecule has 0 saturated heterocycles. The van der Waals surface area contributed by atoms with Gasteiger partial charge in [0.05, 0.1) is 7.11 Å². The second-order valence-corrected chi connectivity index (χ2v) is 4.11. The van der Waals surface area contributed by atoms with Crippen molar-refractivity contribution in [2.45, 2.75) is 5.92 Å². The van der Waals surface area contributed by atoms with E-state index in [0.29, 0.717) is 0 Å². The van der Waals surface area contributed by atoms with Crippen molar-refractivity contribution < 1.29 is 4.74 Å². The van der Waals surface area contributed by atoms with E-state index in [0.717, 1.165) is 23.6 Å². The maximum absolute atomic E-state index is 5.44. The summed E-state index contributed by atoms with van der Waals surface area (Å²) in [5.74, 6) is 1.11. The number of ether oxygens (including phenoxy) is 1. The third-order valence-electron chi connectivity index (χ3n) is 2.97. The zero-order chi connectivity index (χ0) is 12.8. The van der Waals surface area contributed by atoms with Crippen molar-refractivity contribution in [2.75, 3.05) is 20.7 Å². The third kappa shape index (κ3) is 2.68. The molecule has 1 N–H and O–H groups in total. The van der Waals surface area contributed by atoms with Crippen molar-refractivity contribution in [3.63, 3.8) is 0 Å². The van der Waals surface area contributed by atoms with Gasteiger partial charge < -0.3 is 10.1 Å². The van der Waals surface area contributed by atoms with Gasteiger partial charge in [-0.15, -0.1) is 0 Å². The van der Waals surface area contributed by atoms with Gasteiger partial charge in [0.25, 0.3) is 0 Å². The first-order chi connectivity index (χ1) is 8.86. The average Bonchev–Trinajstić information content (AvgIpc) is 2.46. The molecule has 2 aromatic rings. The fourth-order valence-electron chi connectivity index (χ4n) is 2.11. The minimum Gasteiger partial charge on any atom is -0.496 e. The first-order valence-corrected chi connectivity index (χ1v) is 6.05. The number of hydrogen-bond donors (Lipinski definition) is 1. The molecule has 2 rings (SSSR count). The third-order valence-corrected chi connectivity index (χ3v) is 2.97. The Hall–Kier alpha value is -1.87. The molecule has 0 bridgehead atoms. The van der Waals surface area contributed by atoms with Crippen LogP contribution in [0.3, 0.4) is 0 Å². The minimum atomic E-state index is 0.201. The lowest BCUT2D eigenvalue weighted by Crippen LogP contribution is -2.19. The van der Waals surface area contributed by atoms with E-state index in [2.05, 4.69) is 22.4 Å². The van der Waals surface area contributed by atoms with Crippen LogP contribution < -0.4 is 10.1 Å². The van der Waals surface area contributed by atoms with Gasteiger partial charge in [-0.2, -0.15) is 0 Å². The van der Waals surface area contributed by atoms with E-state index in [9.17, 15) is 0 Å². The molecule has 18 heavy (non-hydrogen) atoms. The van der Waals surface area contributed by atoms with E-state index in [4.69, 9.17) is 4.74 Å². The van der Waals surface area contributed by atoms with E-state index < -0.39 is 0 Å². The Morgan fingerprint density at radius 3 is 2.61 bits per heavy atom. The molecule has 0 aliphatic heterocycles. The first-order valence-electron chi connectivity index (χ1n) is 6.05. The number of rotatable bonds is 5. The van der Waals surface area contributed by atoms with Crippen LogP contribution in [0.1, 0.15) is 17.2 Å². The quantitative estimate of drug-likeness (QED) is 0.874. The number of likely N-dealkylation sites (N-methyl/N-ethyl adjacent to an activating group) is 1. The number of nitrogens with one attached hydrogen (secondary N) is 1. The molecule has 0 radical (unpaired) electrons. The predicted octanol–water partition coefficient (Wildman–Crippen LogP) is 2.44. The van der Waals surface area contributed by atoms with E-state index in [1.54, 1.807) is 7.11 Å². The Balaban J connectivity index is 2.41. The molecule has 0 amide bonds. The lowest BCUT2D eigenvalue weighted by Gasteiger charge is -2.19. The number of methoxy groups -OCH3 is 1. The number of pyridine rings is 1. The molecular weight excluding hydrogens is 224 g/mol. The molecule has 1 atom stereocenters. The van der Waals surface area contributed by atoms with Crippen molar-refractivity contribution in [3.05, 3.63) is 59.9 Å². The molecule has 3 nitrogen and oxygen atoms in total. The van der Waals surface area contributed by atoms with Crippen LogP contribution in [0, 0.1) is 0 Å². The van der Waals surface area contributed by atoms with Gasteiger partial charge in [0.15, 0.2) is 0 Å². The lowest BCUT2D eigenvalue weighted by atomic mass is 9.94. The highest BCUT2D eigenvalue weighted by molar-refractivity contribution is 5.40. The van der Waals surface area contributed by atoms with Gasteiger partial charge in [-0.3, -0.25) is 4.98 Å². The zero-order valence-corrected chi connectivity index (χ0v) is 10.8. The summed E-state index contributed by atoms with van der Waals surface area (Å²) in [6.07, 6.45) is 1.83. The van der Waals surface area contributed by atoms with Crippen molar-refractivity contribution >= 4 is 0 Å². The van der Waals surface area contributed by atoms with Crippen molar-refractivity contribution in [2.24, 2.45) is 0 Å². The van der Waals surface area contributed by atoms with E-state index in [1.165, 1.54) is 0 Å². The maximum Gasteiger partial charge on any atom is 0.122 e. The molecular formula is C15H18N2O. The Morgan fingerprint density at radius 2 is 1.94 bits per heavy atom. The smallest absolute Gasteiger partial charge is 0.122 e. The standard InChI is InChI=1S/C15H18N2O/c1-16-11-13(14-8-5-6-10-17-14)12-7-3-4-9-15(12)18-2/h3-10,13,16H,11H2,1-2H3. The fraction of sp³-hybridized carbons (Fsp3) is 0.267. The first kappa shape index (κ1) is 12.6. The van der Waals surface area contributed by atoms with Crippen LogP contribution in [0.15, 0.2) is 48.7 Å². The Labute approximate surface area is 108 Å². The summed E-state index contributed by atoms with van der Waals surface area (Å²) in [6, 6.07) is 14.1. The zero-order valence-electron chi connectivity index (χ0n) is 10.8. The van der Waals surface area contributed by atoms with Gasteiger partial charge in [-0.05, 0) is 25.2 Å². The molecule has 0 fully saturated rings. The number of benzene rings is 1. The summed E-state index contributed by atoms with van der Waals surface area (Å²) < 4.78 is 5.44. The van der Waals surface area contributed by atoms with Crippen LogP contribution in [0.2, 0.25) is 0 Å². The monoisotopic (exact) mass is 242 g/mol. The number of aromatic nitrogens is 1. The number of para-hydroxylation sites is 1. The SMILES string of the molecule is CNCC(c1ccccn1)c1ccccc1OC. The second-order valence-electron chi connectivity index (χ2n) is 4.11. The highest BCUT2D eigenvalue weighted by Crippen LogP contribution is 2.30. The molecule has 1 aromatic heterocycles. The van der Waals surface area contributed by atoms with Crippen LogP contribution in [-0.4, -0.2) is 25.7 Å². The van der Waals surface area contributed by atoms with Crippen LogP contribution in [-0.2, 0) is 0 Å². The molecule has 0 spiro atoms. The molecule has 1 unspecified atom stereocenters. The van der Waals surface area contributed by atoms with Crippen LogP contribution in [0.5, 0.6) is 5.75 Å². The Bertz CT molecular complexity index is 485. The Kier molecular flexibility index (Phi) is 4.31. The normalized spacial score (nSPS) is 12.1. The van der Waals surface area contributed by atoms with Gasteiger partial charge in [0.1, 0.15) is 5.75 Å². The van der Waals surface area contributed by atoms with E-state index in [-0.39, 0.29) is 5.92 Å². The molecule has 0 saturated carbocycles. The summed E-state index contributed by atoms with van der Waals surface area (Å²) >= 11 is 0. The molecule has 1 heterocycles. The summed E-state index contributed by atoms with van der Waals surface area (Å²) in [7, 11) is 3.65. The van der Waals surface area contributed by atoms with Gasteiger partial charge in [-0.25, -0.2) is 0 Å². The number of hydrogen-bond acceptors (Lipinski definition) is 3. The van der Waals surface area contributed by atoms with Crippen LogP contribution >= 0.6 is 0 Å². The largest absolute Gasteiger partial charge is 0.496 e. The van der Waals surface area contributed by atoms with E-state index in [1.807, 2.05) is 43.6 Å². The molecule has 3 heteroatoms. The van der Waals surface area contributed by atoms with Crippen molar-refractivity contribution in [3.8, 4) is 5.75 Å². The lowest BCUT2D eigenvalue weighted by molar-refractivity contribution is 0.406. The second kappa shape index (κ2) is 6.17. The summed E-state index contributed by atoms with van der Waals surface area (Å²) in [6.45, 7) is 0.831. The van der Waals surface area contributed by atoms with Gasteiger partial charge in [-0.1, -0.05) is 24.3 Å². The molecule has 1 aromatic carbocycles.